The summed E-state index contributed by atoms with van der Waals surface area (Å²) in [5.74, 6) is -1.25. The predicted molar refractivity (Wildman–Crippen MR) is 51.8 cm³/mol. The van der Waals surface area contributed by atoms with Gasteiger partial charge >= 0.3 is 6.61 Å². The molecule has 15 heavy (non-hydrogen) atoms. The SMILES string of the molecule is CC(C)Nc1ccc(OC(F)F)c(F)c1. The molecule has 0 heterocycles. The first-order valence-corrected chi connectivity index (χ1v) is 4.50. The van der Waals surface area contributed by atoms with Crippen LogP contribution in [0.1, 0.15) is 13.8 Å². The van der Waals surface area contributed by atoms with E-state index in [-0.39, 0.29) is 6.04 Å². The van der Waals surface area contributed by atoms with E-state index in [4.69, 9.17) is 0 Å². The van der Waals surface area contributed by atoms with Gasteiger partial charge in [0.05, 0.1) is 0 Å². The molecule has 0 aliphatic carbocycles. The Morgan fingerprint density at radius 1 is 1.27 bits per heavy atom. The normalized spacial score (nSPS) is 10.9. The third kappa shape index (κ3) is 3.69. The molecular weight excluding hydrogens is 207 g/mol. The van der Waals surface area contributed by atoms with Crippen molar-refractivity contribution in [1.82, 2.24) is 0 Å². The van der Waals surface area contributed by atoms with E-state index in [1.165, 1.54) is 12.1 Å². The summed E-state index contributed by atoms with van der Waals surface area (Å²) in [5.41, 5.74) is 0.532. The minimum atomic E-state index is -3.01. The van der Waals surface area contributed by atoms with Crippen LogP contribution in [0.3, 0.4) is 0 Å². The van der Waals surface area contributed by atoms with Gasteiger partial charge in [-0.1, -0.05) is 0 Å². The molecule has 0 aromatic heterocycles. The highest BCUT2D eigenvalue weighted by molar-refractivity contribution is 5.47. The lowest BCUT2D eigenvalue weighted by molar-refractivity contribution is -0.0521. The van der Waals surface area contributed by atoms with Crippen molar-refractivity contribution in [2.75, 3.05) is 5.32 Å². The third-order valence-electron chi connectivity index (χ3n) is 1.60. The Kier molecular flexibility index (Phi) is 3.82. The van der Waals surface area contributed by atoms with Crippen LogP contribution >= 0.6 is 0 Å². The molecule has 1 rings (SSSR count). The lowest BCUT2D eigenvalue weighted by Crippen LogP contribution is -2.10. The number of hydrogen-bond acceptors (Lipinski definition) is 2. The molecule has 1 N–H and O–H groups in total. The first-order chi connectivity index (χ1) is 6.99. The second-order valence-corrected chi connectivity index (χ2v) is 3.32. The monoisotopic (exact) mass is 219 g/mol. The number of hydrogen-bond donors (Lipinski definition) is 1. The van der Waals surface area contributed by atoms with Gasteiger partial charge in [0.1, 0.15) is 0 Å². The van der Waals surface area contributed by atoms with Crippen LogP contribution in [-0.4, -0.2) is 12.7 Å². The topological polar surface area (TPSA) is 21.3 Å². The summed E-state index contributed by atoms with van der Waals surface area (Å²) in [5, 5.41) is 2.94. The molecule has 0 aliphatic heterocycles. The van der Waals surface area contributed by atoms with Crippen LogP contribution in [0.2, 0.25) is 0 Å². The Balaban J connectivity index is 2.78. The minimum absolute atomic E-state index is 0.145. The number of rotatable bonds is 4. The third-order valence-corrected chi connectivity index (χ3v) is 1.60. The fourth-order valence-corrected chi connectivity index (χ4v) is 1.12. The van der Waals surface area contributed by atoms with Crippen molar-refractivity contribution in [3.05, 3.63) is 24.0 Å². The average Bonchev–Trinajstić information content (AvgIpc) is 2.08. The van der Waals surface area contributed by atoms with Gasteiger partial charge in [-0.05, 0) is 26.0 Å². The molecule has 0 amide bonds. The quantitative estimate of drug-likeness (QED) is 0.839. The largest absolute Gasteiger partial charge is 0.432 e. The van der Waals surface area contributed by atoms with E-state index in [2.05, 4.69) is 10.1 Å². The summed E-state index contributed by atoms with van der Waals surface area (Å²) in [7, 11) is 0. The van der Waals surface area contributed by atoms with E-state index in [0.29, 0.717) is 5.69 Å². The number of alkyl halides is 2. The minimum Gasteiger partial charge on any atom is -0.432 e. The number of nitrogens with one attached hydrogen (secondary N) is 1. The zero-order valence-electron chi connectivity index (χ0n) is 8.43. The summed E-state index contributed by atoms with van der Waals surface area (Å²) in [6.45, 7) is 0.770. The first kappa shape index (κ1) is 11.7. The van der Waals surface area contributed by atoms with Gasteiger partial charge in [-0.15, -0.1) is 0 Å². The van der Waals surface area contributed by atoms with E-state index in [1.807, 2.05) is 13.8 Å². The van der Waals surface area contributed by atoms with Crippen molar-refractivity contribution < 1.29 is 17.9 Å². The molecule has 0 unspecified atom stereocenters. The Labute approximate surface area is 86.1 Å². The Morgan fingerprint density at radius 2 is 1.93 bits per heavy atom. The molecule has 0 radical (unpaired) electrons. The number of halogens is 3. The molecule has 0 saturated carbocycles. The molecule has 2 nitrogen and oxygen atoms in total. The molecule has 84 valence electrons. The molecule has 0 atom stereocenters. The molecule has 1 aromatic rings. The van der Waals surface area contributed by atoms with Crippen molar-refractivity contribution in [3.8, 4) is 5.75 Å². The molecular formula is C10H12F3NO. The van der Waals surface area contributed by atoms with Crippen molar-refractivity contribution in [3.63, 3.8) is 0 Å². The van der Waals surface area contributed by atoms with Gasteiger partial charge in [0.25, 0.3) is 0 Å². The Bertz CT molecular complexity index is 328. The standard InChI is InChI=1S/C10H12F3NO/c1-6(2)14-7-3-4-9(8(11)5-7)15-10(12)13/h3-6,10,14H,1-2H3. The second kappa shape index (κ2) is 4.91. The molecule has 0 saturated heterocycles. The van der Waals surface area contributed by atoms with Crippen molar-refractivity contribution in [2.45, 2.75) is 26.5 Å². The zero-order valence-corrected chi connectivity index (χ0v) is 8.43. The van der Waals surface area contributed by atoms with Crippen LogP contribution in [0.4, 0.5) is 18.9 Å². The van der Waals surface area contributed by atoms with E-state index in [9.17, 15) is 13.2 Å². The van der Waals surface area contributed by atoms with Crippen LogP contribution < -0.4 is 10.1 Å². The van der Waals surface area contributed by atoms with Gasteiger partial charge in [0, 0.05) is 17.8 Å². The average molecular weight is 219 g/mol. The smallest absolute Gasteiger partial charge is 0.387 e. The van der Waals surface area contributed by atoms with Crippen LogP contribution in [-0.2, 0) is 0 Å². The van der Waals surface area contributed by atoms with Gasteiger partial charge in [-0.3, -0.25) is 0 Å². The molecule has 1 aromatic carbocycles. The van der Waals surface area contributed by atoms with Gasteiger partial charge in [0.2, 0.25) is 0 Å². The van der Waals surface area contributed by atoms with E-state index in [1.54, 1.807) is 0 Å². The van der Waals surface area contributed by atoms with Gasteiger partial charge < -0.3 is 10.1 Å². The lowest BCUT2D eigenvalue weighted by atomic mass is 10.2. The van der Waals surface area contributed by atoms with Crippen molar-refractivity contribution >= 4 is 5.69 Å². The lowest BCUT2D eigenvalue weighted by Gasteiger charge is -2.11. The number of anilines is 1. The maximum Gasteiger partial charge on any atom is 0.387 e. The summed E-state index contributed by atoms with van der Waals surface area (Å²) >= 11 is 0. The number of benzene rings is 1. The maximum absolute atomic E-state index is 13.2. The second-order valence-electron chi connectivity index (χ2n) is 3.32. The van der Waals surface area contributed by atoms with Crippen LogP contribution in [0.25, 0.3) is 0 Å². The Hall–Kier alpha value is -1.39. The zero-order chi connectivity index (χ0) is 11.4. The summed E-state index contributed by atoms with van der Waals surface area (Å²) < 4.78 is 40.7. The van der Waals surface area contributed by atoms with E-state index >= 15 is 0 Å². The van der Waals surface area contributed by atoms with Gasteiger partial charge in [-0.2, -0.15) is 8.78 Å². The molecule has 5 heteroatoms. The molecule has 0 aliphatic rings. The Morgan fingerprint density at radius 3 is 2.40 bits per heavy atom. The summed E-state index contributed by atoms with van der Waals surface area (Å²) in [6.07, 6.45) is 0. The highest BCUT2D eigenvalue weighted by atomic mass is 19.3. The van der Waals surface area contributed by atoms with E-state index in [0.717, 1.165) is 6.07 Å². The highest BCUT2D eigenvalue weighted by Gasteiger charge is 2.10. The van der Waals surface area contributed by atoms with Crippen molar-refractivity contribution in [1.29, 1.82) is 0 Å². The van der Waals surface area contributed by atoms with Gasteiger partial charge in [0.15, 0.2) is 11.6 Å². The van der Waals surface area contributed by atoms with Crippen LogP contribution in [0.15, 0.2) is 18.2 Å². The van der Waals surface area contributed by atoms with Crippen LogP contribution in [0.5, 0.6) is 5.75 Å². The summed E-state index contributed by atoms with van der Waals surface area (Å²) in [6, 6.07) is 3.93. The summed E-state index contributed by atoms with van der Waals surface area (Å²) in [4.78, 5) is 0. The van der Waals surface area contributed by atoms with Gasteiger partial charge in [-0.25, -0.2) is 4.39 Å². The first-order valence-electron chi connectivity index (χ1n) is 4.50. The predicted octanol–water partition coefficient (Wildman–Crippen LogP) is 3.25. The molecule has 0 spiro atoms. The van der Waals surface area contributed by atoms with E-state index < -0.39 is 18.2 Å². The molecule has 0 bridgehead atoms. The molecule has 0 fully saturated rings. The fourth-order valence-electron chi connectivity index (χ4n) is 1.12. The number of ether oxygens (including phenoxy) is 1. The fraction of sp³-hybridized carbons (Fsp3) is 0.400. The van der Waals surface area contributed by atoms with Crippen molar-refractivity contribution in [2.24, 2.45) is 0 Å². The highest BCUT2D eigenvalue weighted by Crippen LogP contribution is 2.23. The van der Waals surface area contributed by atoms with Crippen LogP contribution in [0, 0.1) is 5.82 Å². The maximum atomic E-state index is 13.2.